The fraction of sp³-hybridized carbons (Fsp3) is 0.500. The average Bonchev–Trinajstić information content (AvgIpc) is 2.96. The van der Waals surface area contributed by atoms with Crippen LogP contribution in [0.15, 0.2) is 29.8 Å². The molecule has 0 aromatic heterocycles. The van der Waals surface area contributed by atoms with Crippen molar-refractivity contribution in [2.24, 2.45) is 0 Å². The minimum atomic E-state index is -3.17. The van der Waals surface area contributed by atoms with Gasteiger partial charge in [0.2, 0.25) is 10.0 Å². The lowest BCUT2D eigenvalue weighted by Crippen LogP contribution is -2.36. The minimum Gasteiger partial charge on any atom is -0.489 e. The van der Waals surface area contributed by atoms with Crippen molar-refractivity contribution in [1.82, 2.24) is 9.62 Å². The van der Waals surface area contributed by atoms with Gasteiger partial charge >= 0.3 is 0 Å². The van der Waals surface area contributed by atoms with Gasteiger partial charge in [-0.25, -0.2) is 13.1 Å². The first-order chi connectivity index (χ1) is 10.6. The van der Waals surface area contributed by atoms with Gasteiger partial charge in [0.1, 0.15) is 12.4 Å². The van der Waals surface area contributed by atoms with Gasteiger partial charge in [-0.05, 0) is 30.7 Å². The number of benzene rings is 1. The van der Waals surface area contributed by atoms with E-state index in [1.807, 2.05) is 31.2 Å². The highest BCUT2D eigenvalue weighted by Crippen LogP contribution is 2.27. The van der Waals surface area contributed by atoms with Crippen molar-refractivity contribution in [2.45, 2.75) is 18.6 Å². The summed E-state index contributed by atoms with van der Waals surface area (Å²) in [7, 11) is -3.17. The maximum absolute atomic E-state index is 12.1. The summed E-state index contributed by atoms with van der Waals surface area (Å²) >= 11 is 0. The lowest BCUT2D eigenvalue weighted by molar-refractivity contribution is 0.310. The third-order valence-corrected chi connectivity index (χ3v) is 6.09. The molecule has 0 spiro atoms. The molecule has 3 rings (SSSR count). The smallest absolute Gasteiger partial charge is 0.215 e. The van der Waals surface area contributed by atoms with Crippen LogP contribution in [0.1, 0.15) is 18.9 Å². The Morgan fingerprint density at radius 1 is 1.36 bits per heavy atom. The van der Waals surface area contributed by atoms with E-state index in [0.29, 0.717) is 26.1 Å². The highest BCUT2D eigenvalue weighted by atomic mass is 32.2. The van der Waals surface area contributed by atoms with Gasteiger partial charge in [0.05, 0.1) is 5.25 Å². The van der Waals surface area contributed by atoms with Crippen LogP contribution >= 0.6 is 0 Å². The Labute approximate surface area is 132 Å². The molecule has 0 bridgehead atoms. The van der Waals surface area contributed by atoms with Crippen molar-refractivity contribution in [3.05, 3.63) is 35.4 Å². The zero-order valence-electron chi connectivity index (χ0n) is 12.8. The molecule has 2 aliphatic heterocycles. The summed E-state index contributed by atoms with van der Waals surface area (Å²) in [5, 5.41) is -0.301. The summed E-state index contributed by atoms with van der Waals surface area (Å²) in [5.41, 5.74) is 2.29. The Hall–Kier alpha value is -1.37. The fourth-order valence-corrected chi connectivity index (χ4v) is 4.52. The molecule has 1 aromatic carbocycles. The van der Waals surface area contributed by atoms with Crippen LogP contribution < -0.4 is 9.46 Å². The number of hydrogen-bond acceptors (Lipinski definition) is 4. The quantitative estimate of drug-likeness (QED) is 0.892. The number of likely N-dealkylation sites (tertiary alicyclic amines) is 1. The van der Waals surface area contributed by atoms with E-state index >= 15 is 0 Å². The Morgan fingerprint density at radius 3 is 3.00 bits per heavy atom. The number of rotatable bonds is 5. The van der Waals surface area contributed by atoms with Gasteiger partial charge in [0.15, 0.2) is 0 Å². The highest BCUT2D eigenvalue weighted by Gasteiger charge is 2.32. The molecule has 1 atom stereocenters. The van der Waals surface area contributed by atoms with E-state index in [4.69, 9.17) is 4.74 Å². The SMILES string of the molecule is CCNS(=O)(=O)[C@@H]1CCN(CC2=Cc3ccccc3OC2)C1. The van der Waals surface area contributed by atoms with Gasteiger partial charge in [-0.15, -0.1) is 0 Å². The second-order valence-corrected chi connectivity index (χ2v) is 7.86. The number of para-hydroxylation sites is 1. The molecule has 0 unspecified atom stereocenters. The Kier molecular flexibility index (Phi) is 4.52. The second kappa shape index (κ2) is 6.40. The Morgan fingerprint density at radius 2 is 2.18 bits per heavy atom. The van der Waals surface area contributed by atoms with Crippen molar-refractivity contribution < 1.29 is 13.2 Å². The molecular weight excluding hydrogens is 300 g/mol. The summed E-state index contributed by atoms with van der Waals surface area (Å²) in [6.45, 7) is 5.02. The van der Waals surface area contributed by atoms with Gasteiger partial charge < -0.3 is 4.74 Å². The van der Waals surface area contributed by atoms with E-state index in [9.17, 15) is 8.42 Å². The van der Waals surface area contributed by atoms with E-state index in [2.05, 4.69) is 15.7 Å². The van der Waals surface area contributed by atoms with E-state index < -0.39 is 10.0 Å². The number of sulfonamides is 1. The van der Waals surface area contributed by atoms with Gasteiger partial charge in [0, 0.05) is 25.2 Å². The molecule has 0 saturated carbocycles. The van der Waals surface area contributed by atoms with Gasteiger partial charge in [0.25, 0.3) is 0 Å². The average molecular weight is 322 g/mol. The summed E-state index contributed by atoms with van der Waals surface area (Å²) < 4.78 is 32.5. The van der Waals surface area contributed by atoms with Gasteiger partial charge in [-0.2, -0.15) is 0 Å². The van der Waals surface area contributed by atoms with Crippen molar-refractivity contribution in [3.63, 3.8) is 0 Å². The van der Waals surface area contributed by atoms with Crippen LogP contribution in [0.4, 0.5) is 0 Å². The summed E-state index contributed by atoms with van der Waals surface area (Å²) in [6.07, 6.45) is 2.85. The molecule has 1 fully saturated rings. The predicted octanol–water partition coefficient (Wildman–Crippen LogP) is 1.48. The molecular formula is C16H22N2O3S. The first-order valence-electron chi connectivity index (χ1n) is 7.70. The lowest BCUT2D eigenvalue weighted by atomic mass is 10.1. The van der Waals surface area contributed by atoms with Gasteiger partial charge in [-0.1, -0.05) is 25.1 Å². The van der Waals surface area contributed by atoms with E-state index in [1.165, 1.54) is 5.57 Å². The zero-order valence-corrected chi connectivity index (χ0v) is 13.6. The first-order valence-corrected chi connectivity index (χ1v) is 9.25. The predicted molar refractivity (Wildman–Crippen MR) is 87.4 cm³/mol. The molecule has 6 heteroatoms. The van der Waals surface area contributed by atoms with Gasteiger partial charge in [-0.3, -0.25) is 4.90 Å². The summed E-state index contributed by atoms with van der Waals surface area (Å²) in [6, 6.07) is 7.97. The molecule has 0 radical (unpaired) electrons. The van der Waals surface area contributed by atoms with Crippen LogP contribution in [0.3, 0.4) is 0 Å². The standard InChI is InChI=1S/C16H22N2O3S/c1-2-17-22(19,20)15-7-8-18(11-15)10-13-9-14-5-3-4-6-16(14)21-12-13/h3-6,9,15,17H,2,7-8,10-12H2,1H3/t15-/m1/s1. The minimum absolute atomic E-state index is 0.301. The summed E-state index contributed by atoms with van der Waals surface area (Å²) in [4.78, 5) is 2.20. The summed E-state index contributed by atoms with van der Waals surface area (Å²) in [5.74, 6) is 0.917. The molecule has 1 N–H and O–H groups in total. The van der Waals surface area contributed by atoms with Crippen LogP contribution in [0, 0.1) is 0 Å². The monoisotopic (exact) mass is 322 g/mol. The number of nitrogens with zero attached hydrogens (tertiary/aromatic N) is 1. The van der Waals surface area contributed by atoms with Crippen LogP contribution in [0.25, 0.3) is 6.08 Å². The fourth-order valence-electron chi connectivity index (χ4n) is 3.05. The third-order valence-electron chi connectivity index (χ3n) is 4.13. The van der Waals surface area contributed by atoms with Crippen LogP contribution in [0.2, 0.25) is 0 Å². The molecule has 2 heterocycles. The number of nitrogens with one attached hydrogen (secondary N) is 1. The first kappa shape index (κ1) is 15.5. The number of hydrogen-bond donors (Lipinski definition) is 1. The Balaban J connectivity index is 1.63. The zero-order chi connectivity index (χ0) is 15.6. The third kappa shape index (κ3) is 3.34. The maximum Gasteiger partial charge on any atom is 0.215 e. The Bertz CT molecular complexity index is 670. The van der Waals surface area contributed by atoms with Crippen molar-refractivity contribution in [1.29, 1.82) is 0 Å². The number of ether oxygens (including phenoxy) is 1. The molecule has 1 saturated heterocycles. The lowest BCUT2D eigenvalue weighted by Gasteiger charge is -2.22. The van der Waals surface area contributed by atoms with Crippen LogP contribution in [-0.2, 0) is 10.0 Å². The van der Waals surface area contributed by atoms with E-state index in [1.54, 1.807) is 0 Å². The van der Waals surface area contributed by atoms with E-state index in [-0.39, 0.29) is 5.25 Å². The maximum atomic E-state index is 12.1. The highest BCUT2D eigenvalue weighted by molar-refractivity contribution is 7.90. The number of fused-ring (bicyclic) bond motifs is 1. The van der Waals surface area contributed by atoms with Crippen molar-refractivity contribution >= 4 is 16.1 Å². The molecule has 1 aromatic rings. The molecule has 2 aliphatic rings. The second-order valence-electron chi connectivity index (χ2n) is 5.82. The molecule has 0 aliphatic carbocycles. The van der Waals surface area contributed by atoms with E-state index in [0.717, 1.165) is 24.4 Å². The largest absolute Gasteiger partial charge is 0.489 e. The topological polar surface area (TPSA) is 58.6 Å². The van der Waals surface area contributed by atoms with Crippen LogP contribution in [0.5, 0.6) is 5.75 Å². The molecule has 5 nitrogen and oxygen atoms in total. The molecule has 22 heavy (non-hydrogen) atoms. The molecule has 120 valence electrons. The van der Waals surface area contributed by atoms with Crippen molar-refractivity contribution in [2.75, 3.05) is 32.8 Å². The normalized spacial score (nSPS) is 22.0. The van der Waals surface area contributed by atoms with Crippen LogP contribution in [-0.4, -0.2) is 51.4 Å². The molecule has 0 amide bonds. The van der Waals surface area contributed by atoms with Crippen molar-refractivity contribution in [3.8, 4) is 5.75 Å².